The predicted molar refractivity (Wildman–Crippen MR) is 58.4 cm³/mol. The van der Waals surface area contributed by atoms with Crippen LogP contribution in [0.25, 0.3) is 0 Å². The first-order valence-corrected chi connectivity index (χ1v) is 6.20. The summed E-state index contributed by atoms with van der Waals surface area (Å²) < 4.78 is 23.3. The van der Waals surface area contributed by atoms with Crippen molar-refractivity contribution in [2.24, 2.45) is 0 Å². The van der Waals surface area contributed by atoms with Crippen LogP contribution in [0.3, 0.4) is 0 Å². The molecule has 2 aliphatic heterocycles. The maximum atomic E-state index is 5.78. The van der Waals surface area contributed by atoms with Gasteiger partial charge >= 0.3 is 0 Å². The van der Waals surface area contributed by atoms with Crippen LogP contribution in [-0.2, 0) is 18.9 Å². The SMILES string of the molecule is CO[C@@H]1O[C@H](CI)C2OC(C)(C)OC21. The Kier molecular flexibility index (Phi) is 3.05. The van der Waals surface area contributed by atoms with E-state index in [2.05, 4.69) is 22.6 Å². The number of alkyl halides is 1. The van der Waals surface area contributed by atoms with E-state index in [-0.39, 0.29) is 24.6 Å². The van der Waals surface area contributed by atoms with E-state index in [9.17, 15) is 0 Å². The van der Waals surface area contributed by atoms with Crippen LogP contribution in [0.4, 0.5) is 0 Å². The van der Waals surface area contributed by atoms with Gasteiger partial charge in [-0.15, -0.1) is 0 Å². The molecule has 4 atom stereocenters. The second kappa shape index (κ2) is 3.86. The summed E-state index contributed by atoms with van der Waals surface area (Å²) >= 11 is 2.29. The highest BCUT2D eigenvalue weighted by atomic mass is 127. The second-order valence-corrected chi connectivity index (χ2v) is 4.88. The topological polar surface area (TPSA) is 36.9 Å². The van der Waals surface area contributed by atoms with Crippen molar-refractivity contribution in [2.45, 2.75) is 44.2 Å². The summed E-state index contributed by atoms with van der Waals surface area (Å²) in [7, 11) is 1.63. The molecule has 0 radical (unpaired) electrons. The van der Waals surface area contributed by atoms with Gasteiger partial charge in [0.15, 0.2) is 12.1 Å². The molecule has 0 aromatic rings. The Morgan fingerprint density at radius 1 is 1.29 bits per heavy atom. The molecule has 0 aromatic heterocycles. The second-order valence-electron chi connectivity index (χ2n) is 4.00. The molecular weight excluding hydrogens is 299 g/mol. The van der Waals surface area contributed by atoms with E-state index in [1.54, 1.807) is 7.11 Å². The molecule has 0 bridgehead atoms. The molecule has 2 unspecified atom stereocenters. The zero-order chi connectivity index (χ0) is 10.3. The Morgan fingerprint density at radius 3 is 2.50 bits per heavy atom. The van der Waals surface area contributed by atoms with Gasteiger partial charge in [0.05, 0.1) is 6.10 Å². The van der Waals surface area contributed by atoms with Crippen molar-refractivity contribution < 1.29 is 18.9 Å². The van der Waals surface area contributed by atoms with Crippen molar-refractivity contribution in [1.29, 1.82) is 0 Å². The van der Waals surface area contributed by atoms with E-state index in [0.29, 0.717) is 0 Å². The molecule has 0 N–H and O–H groups in total. The molecule has 0 aliphatic carbocycles. The third-order valence-corrected chi connectivity index (χ3v) is 3.36. The summed E-state index contributed by atoms with van der Waals surface area (Å²) in [6.07, 6.45) is -0.296. The summed E-state index contributed by atoms with van der Waals surface area (Å²) in [4.78, 5) is 0. The van der Waals surface area contributed by atoms with Crippen molar-refractivity contribution in [1.82, 2.24) is 0 Å². The molecular formula is C9H15IO4. The van der Waals surface area contributed by atoms with Gasteiger partial charge in [-0.2, -0.15) is 0 Å². The fourth-order valence-corrected chi connectivity index (χ4v) is 2.67. The molecule has 4 nitrogen and oxygen atoms in total. The van der Waals surface area contributed by atoms with Crippen LogP contribution >= 0.6 is 22.6 Å². The van der Waals surface area contributed by atoms with E-state index in [1.807, 2.05) is 13.8 Å². The molecule has 2 aliphatic rings. The highest BCUT2D eigenvalue weighted by Crippen LogP contribution is 2.39. The summed E-state index contributed by atoms with van der Waals surface area (Å²) in [5.74, 6) is -0.514. The quantitative estimate of drug-likeness (QED) is 0.569. The maximum Gasteiger partial charge on any atom is 0.186 e. The number of hydrogen-bond acceptors (Lipinski definition) is 4. The van der Waals surface area contributed by atoms with Crippen molar-refractivity contribution >= 4 is 22.6 Å². The van der Waals surface area contributed by atoms with Gasteiger partial charge in [-0.1, -0.05) is 22.6 Å². The van der Waals surface area contributed by atoms with E-state index in [4.69, 9.17) is 18.9 Å². The summed E-state index contributed by atoms with van der Waals surface area (Å²) in [6, 6.07) is 0. The standard InChI is InChI=1S/C9H15IO4/c1-9(2)13-6-5(4-10)12-8(11-3)7(6)14-9/h5-8H,4H2,1-3H3/t5-,6?,7?,8-/m1/s1. The highest BCUT2D eigenvalue weighted by molar-refractivity contribution is 14.1. The Labute approximate surface area is 97.4 Å². The van der Waals surface area contributed by atoms with Gasteiger partial charge in [-0.05, 0) is 13.8 Å². The average Bonchev–Trinajstić information content (AvgIpc) is 2.57. The lowest BCUT2D eigenvalue weighted by Gasteiger charge is -2.22. The van der Waals surface area contributed by atoms with Gasteiger partial charge in [0.1, 0.15) is 12.2 Å². The Balaban J connectivity index is 2.12. The van der Waals surface area contributed by atoms with Crippen molar-refractivity contribution in [2.75, 3.05) is 11.5 Å². The van der Waals surface area contributed by atoms with Gasteiger partial charge in [0.2, 0.25) is 0 Å². The first kappa shape index (κ1) is 11.1. The fourth-order valence-electron chi connectivity index (χ4n) is 1.96. The van der Waals surface area contributed by atoms with Crippen molar-refractivity contribution in [3.63, 3.8) is 0 Å². The third kappa shape index (κ3) is 1.80. The van der Waals surface area contributed by atoms with Gasteiger partial charge in [-0.25, -0.2) is 0 Å². The molecule has 14 heavy (non-hydrogen) atoms. The molecule has 2 saturated heterocycles. The molecule has 2 fully saturated rings. The van der Waals surface area contributed by atoms with Gasteiger partial charge in [0, 0.05) is 11.5 Å². The molecule has 0 aromatic carbocycles. The number of methoxy groups -OCH3 is 1. The van der Waals surface area contributed by atoms with Crippen LogP contribution in [0.2, 0.25) is 0 Å². The van der Waals surface area contributed by atoms with Crippen LogP contribution in [-0.4, -0.2) is 41.9 Å². The van der Waals surface area contributed by atoms with Crippen LogP contribution in [0.15, 0.2) is 0 Å². The molecule has 2 heterocycles. The minimum atomic E-state index is -0.514. The number of fused-ring (bicyclic) bond motifs is 1. The number of halogens is 1. The summed E-state index contributed by atoms with van der Waals surface area (Å²) in [5.41, 5.74) is 0. The van der Waals surface area contributed by atoms with Crippen LogP contribution in [0.1, 0.15) is 13.8 Å². The summed E-state index contributed by atoms with van der Waals surface area (Å²) in [6.45, 7) is 3.84. The number of rotatable bonds is 2. The molecule has 0 spiro atoms. The molecule has 5 heteroatoms. The fraction of sp³-hybridized carbons (Fsp3) is 1.00. The minimum Gasteiger partial charge on any atom is -0.353 e. The predicted octanol–water partition coefficient (Wildman–Crippen LogP) is 1.31. The normalized spacial score (nSPS) is 45.4. The van der Waals surface area contributed by atoms with Crippen LogP contribution < -0.4 is 0 Å². The first-order chi connectivity index (χ1) is 6.57. The first-order valence-electron chi connectivity index (χ1n) is 4.67. The molecule has 0 amide bonds. The van der Waals surface area contributed by atoms with Gasteiger partial charge in [0.25, 0.3) is 0 Å². The van der Waals surface area contributed by atoms with Crippen molar-refractivity contribution in [3.8, 4) is 0 Å². The monoisotopic (exact) mass is 314 g/mol. The largest absolute Gasteiger partial charge is 0.353 e. The van der Waals surface area contributed by atoms with E-state index >= 15 is 0 Å². The van der Waals surface area contributed by atoms with Crippen molar-refractivity contribution in [3.05, 3.63) is 0 Å². The zero-order valence-electron chi connectivity index (χ0n) is 8.53. The van der Waals surface area contributed by atoms with Crippen LogP contribution in [0.5, 0.6) is 0 Å². The Bertz CT molecular complexity index is 201. The van der Waals surface area contributed by atoms with Gasteiger partial charge < -0.3 is 18.9 Å². The summed E-state index contributed by atoms with van der Waals surface area (Å²) in [5, 5.41) is 0. The average molecular weight is 314 g/mol. The lowest BCUT2D eigenvalue weighted by molar-refractivity contribution is -0.223. The molecule has 82 valence electrons. The molecule has 2 rings (SSSR count). The van der Waals surface area contributed by atoms with E-state index in [1.165, 1.54) is 0 Å². The van der Waals surface area contributed by atoms with Gasteiger partial charge in [-0.3, -0.25) is 0 Å². The maximum absolute atomic E-state index is 5.78. The minimum absolute atomic E-state index is 0.00634. The van der Waals surface area contributed by atoms with E-state index < -0.39 is 5.79 Å². The number of hydrogen-bond donors (Lipinski definition) is 0. The third-order valence-electron chi connectivity index (χ3n) is 2.49. The Hall–Kier alpha value is 0.570. The molecule has 0 saturated carbocycles. The Morgan fingerprint density at radius 2 is 1.93 bits per heavy atom. The lowest BCUT2D eigenvalue weighted by Crippen LogP contribution is -2.30. The number of ether oxygens (including phenoxy) is 4. The van der Waals surface area contributed by atoms with E-state index in [0.717, 1.165) is 4.43 Å². The smallest absolute Gasteiger partial charge is 0.186 e. The lowest BCUT2D eigenvalue weighted by atomic mass is 10.2. The highest BCUT2D eigenvalue weighted by Gasteiger charge is 2.55. The zero-order valence-corrected chi connectivity index (χ0v) is 10.7. The van der Waals surface area contributed by atoms with Crippen LogP contribution in [0, 0.1) is 0 Å².